The molecule has 0 fully saturated rings. The van der Waals surface area contributed by atoms with Crippen LogP contribution in [0, 0.1) is 0 Å². The first-order chi connectivity index (χ1) is 19.1. The Morgan fingerprint density at radius 3 is 2.72 bits per heavy atom. The third-order valence-corrected chi connectivity index (χ3v) is 8.03. The van der Waals surface area contributed by atoms with E-state index in [1.807, 2.05) is 48.5 Å². The third kappa shape index (κ3) is 4.57. The number of aromatic nitrogens is 1. The van der Waals surface area contributed by atoms with Crippen molar-refractivity contribution in [3.8, 4) is 11.5 Å². The summed E-state index contributed by atoms with van der Waals surface area (Å²) in [5.74, 6) is 0.789. The Balaban J connectivity index is 1.52. The first-order valence-electron chi connectivity index (χ1n) is 12.6. The van der Waals surface area contributed by atoms with Crippen molar-refractivity contribution in [1.29, 1.82) is 0 Å². The molecule has 6 rings (SSSR count). The number of benzene rings is 3. The molecule has 1 aromatic heterocycles. The van der Waals surface area contributed by atoms with Crippen LogP contribution in [0.4, 0.5) is 0 Å². The number of hydrogen-bond donors (Lipinski definition) is 0. The van der Waals surface area contributed by atoms with E-state index in [1.165, 1.54) is 24.0 Å². The van der Waals surface area contributed by atoms with Crippen molar-refractivity contribution >= 4 is 29.1 Å². The van der Waals surface area contributed by atoms with Gasteiger partial charge in [0.1, 0.15) is 11.5 Å². The fourth-order valence-electron chi connectivity index (χ4n) is 5.24. The van der Waals surface area contributed by atoms with Gasteiger partial charge >= 0.3 is 5.97 Å². The summed E-state index contributed by atoms with van der Waals surface area (Å²) < 4.78 is 18.3. The van der Waals surface area contributed by atoms with Crippen LogP contribution in [0.15, 0.2) is 88.2 Å². The predicted octanol–water partition coefficient (Wildman–Crippen LogP) is 3.88. The SMILES string of the molecule is COC(=O)COc1cccc(C=c2sc3n(c2=O)C(c2ccccc2OC)C2=C(N=3)c3ccccc3CC2)c1. The molecule has 39 heavy (non-hydrogen) atoms. The molecular weight excluding hydrogens is 512 g/mol. The zero-order valence-corrected chi connectivity index (χ0v) is 22.4. The number of methoxy groups -OCH3 is 2. The van der Waals surface area contributed by atoms with Gasteiger partial charge in [0, 0.05) is 11.1 Å². The Labute approximate surface area is 228 Å². The average molecular weight is 539 g/mol. The molecule has 0 saturated carbocycles. The second-order valence-electron chi connectivity index (χ2n) is 9.29. The number of esters is 1. The smallest absolute Gasteiger partial charge is 0.343 e. The van der Waals surface area contributed by atoms with Gasteiger partial charge in [-0.3, -0.25) is 9.36 Å². The number of nitrogens with zero attached hydrogens (tertiary/aromatic N) is 2. The van der Waals surface area contributed by atoms with E-state index < -0.39 is 5.97 Å². The van der Waals surface area contributed by atoms with Gasteiger partial charge in [-0.25, -0.2) is 9.79 Å². The fraction of sp³-hybridized carbons (Fsp3) is 0.194. The number of ether oxygens (including phenoxy) is 3. The minimum atomic E-state index is -0.462. The Hall–Kier alpha value is -4.43. The van der Waals surface area contributed by atoms with Gasteiger partial charge in [-0.15, -0.1) is 0 Å². The van der Waals surface area contributed by atoms with Crippen LogP contribution in [0.5, 0.6) is 11.5 Å². The standard InChI is InChI=1S/C31H26N2O5S/c1-36-25-13-6-5-12-23(25)29-24-15-14-20-9-3-4-11-22(20)28(24)32-31-33(29)30(35)26(39-31)17-19-8-7-10-21(16-19)38-18-27(34)37-2/h3-13,16-17,29H,14-15,18H2,1-2H3. The molecule has 0 saturated heterocycles. The molecule has 1 aliphatic carbocycles. The zero-order valence-electron chi connectivity index (χ0n) is 21.5. The van der Waals surface area contributed by atoms with Gasteiger partial charge < -0.3 is 14.2 Å². The van der Waals surface area contributed by atoms with E-state index in [9.17, 15) is 9.59 Å². The second kappa shape index (κ2) is 10.4. The van der Waals surface area contributed by atoms with Crippen molar-refractivity contribution in [3.63, 3.8) is 0 Å². The van der Waals surface area contributed by atoms with Crippen LogP contribution < -0.4 is 24.4 Å². The summed E-state index contributed by atoms with van der Waals surface area (Å²) in [7, 11) is 2.97. The fourth-order valence-corrected chi connectivity index (χ4v) is 6.24. The number of aryl methyl sites for hydroxylation is 1. The molecule has 0 N–H and O–H groups in total. The van der Waals surface area contributed by atoms with Crippen LogP contribution in [0.25, 0.3) is 11.8 Å². The molecule has 4 aromatic rings. The Bertz CT molecular complexity index is 1800. The lowest BCUT2D eigenvalue weighted by Gasteiger charge is -2.31. The minimum Gasteiger partial charge on any atom is -0.496 e. The molecule has 0 spiro atoms. The zero-order chi connectivity index (χ0) is 26.9. The van der Waals surface area contributed by atoms with Gasteiger partial charge in [0.2, 0.25) is 0 Å². The van der Waals surface area contributed by atoms with Crippen LogP contribution in [0.1, 0.15) is 34.7 Å². The molecule has 1 aliphatic heterocycles. The summed E-state index contributed by atoms with van der Waals surface area (Å²) in [5, 5.41) is 0. The van der Waals surface area contributed by atoms with E-state index in [-0.39, 0.29) is 18.2 Å². The molecule has 7 nitrogen and oxygen atoms in total. The topological polar surface area (TPSA) is 79.1 Å². The molecule has 0 bridgehead atoms. The molecule has 8 heteroatoms. The summed E-state index contributed by atoms with van der Waals surface area (Å²) >= 11 is 1.37. The van der Waals surface area contributed by atoms with Gasteiger partial charge in [0.15, 0.2) is 11.4 Å². The largest absolute Gasteiger partial charge is 0.496 e. The van der Waals surface area contributed by atoms with Gasteiger partial charge in [0.25, 0.3) is 5.56 Å². The molecule has 3 aromatic carbocycles. The number of allylic oxidation sites excluding steroid dienone is 1. The van der Waals surface area contributed by atoms with E-state index in [1.54, 1.807) is 23.8 Å². The monoisotopic (exact) mass is 538 g/mol. The second-order valence-corrected chi connectivity index (χ2v) is 10.3. The average Bonchev–Trinajstić information content (AvgIpc) is 3.28. The Morgan fingerprint density at radius 1 is 1.05 bits per heavy atom. The number of thiazole rings is 1. The molecule has 1 unspecified atom stereocenters. The van der Waals surface area contributed by atoms with Crippen molar-refractivity contribution in [2.45, 2.75) is 18.9 Å². The number of para-hydroxylation sites is 1. The van der Waals surface area contributed by atoms with Gasteiger partial charge in [-0.1, -0.05) is 65.9 Å². The van der Waals surface area contributed by atoms with Crippen molar-refractivity contribution in [2.24, 2.45) is 4.99 Å². The van der Waals surface area contributed by atoms with E-state index in [0.717, 1.165) is 46.6 Å². The Morgan fingerprint density at radius 2 is 1.87 bits per heavy atom. The number of hydrogen-bond acceptors (Lipinski definition) is 7. The molecule has 1 atom stereocenters. The molecule has 2 aliphatic rings. The Kier molecular flexibility index (Phi) is 6.62. The summed E-state index contributed by atoms with van der Waals surface area (Å²) in [4.78, 5) is 31.2. The number of carbonyl (C=O) groups excluding carboxylic acids is 1. The van der Waals surface area contributed by atoms with Crippen molar-refractivity contribution in [1.82, 2.24) is 4.57 Å². The van der Waals surface area contributed by atoms with Crippen molar-refractivity contribution in [2.75, 3.05) is 20.8 Å². The minimum absolute atomic E-state index is 0.110. The highest BCUT2D eigenvalue weighted by molar-refractivity contribution is 7.07. The molecule has 2 heterocycles. The summed E-state index contributed by atoms with van der Waals surface area (Å²) in [6.45, 7) is -0.186. The number of carbonyl (C=O) groups is 1. The predicted molar refractivity (Wildman–Crippen MR) is 150 cm³/mol. The van der Waals surface area contributed by atoms with Gasteiger partial charge in [0.05, 0.1) is 30.5 Å². The lowest BCUT2D eigenvalue weighted by Crippen LogP contribution is -2.39. The third-order valence-electron chi connectivity index (χ3n) is 7.05. The van der Waals surface area contributed by atoms with Gasteiger partial charge in [-0.05, 0) is 53.8 Å². The molecule has 196 valence electrons. The lowest BCUT2D eigenvalue weighted by atomic mass is 9.83. The highest BCUT2D eigenvalue weighted by Gasteiger charge is 2.33. The maximum absolute atomic E-state index is 14.0. The summed E-state index contributed by atoms with van der Waals surface area (Å²) in [6.07, 6.45) is 3.53. The number of fused-ring (bicyclic) bond motifs is 3. The van der Waals surface area contributed by atoms with Crippen LogP contribution >= 0.6 is 11.3 Å². The van der Waals surface area contributed by atoms with E-state index in [2.05, 4.69) is 22.9 Å². The van der Waals surface area contributed by atoms with Crippen molar-refractivity contribution < 1.29 is 19.0 Å². The maximum Gasteiger partial charge on any atom is 0.343 e. The highest BCUT2D eigenvalue weighted by atomic mass is 32.1. The first kappa shape index (κ1) is 24.9. The molecule has 0 radical (unpaired) electrons. The lowest BCUT2D eigenvalue weighted by molar-refractivity contribution is -0.142. The van der Waals surface area contributed by atoms with Crippen LogP contribution in [-0.2, 0) is 16.0 Å². The number of rotatable bonds is 6. The van der Waals surface area contributed by atoms with E-state index in [0.29, 0.717) is 15.1 Å². The quantitative estimate of drug-likeness (QED) is 0.348. The normalized spacial score (nSPS) is 16.1. The molecule has 0 amide bonds. The first-order valence-corrected chi connectivity index (χ1v) is 13.4. The van der Waals surface area contributed by atoms with Crippen molar-refractivity contribution in [3.05, 3.63) is 120 Å². The van der Waals surface area contributed by atoms with E-state index in [4.69, 9.17) is 14.5 Å². The van der Waals surface area contributed by atoms with Crippen LogP contribution in [-0.4, -0.2) is 31.4 Å². The summed E-state index contributed by atoms with van der Waals surface area (Å²) in [6, 6.07) is 23.2. The summed E-state index contributed by atoms with van der Waals surface area (Å²) in [5.41, 5.74) is 6.06. The van der Waals surface area contributed by atoms with Crippen LogP contribution in [0.3, 0.4) is 0 Å². The van der Waals surface area contributed by atoms with Crippen LogP contribution in [0.2, 0.25) is 0 Å². The maximum atomic E-state index is 14.0. The molecular formula is C31H26N2O5S. The highest BCUT2D eigenvalue weighted by Crippen LogP contribution is 2.43. The van der Waals surface area contributed by atoms with E-state index >= 15 is 0 Å². The van der Waals surface area contributed by atoms with Gasteiger partial charge in [-0.2, -0.15) is 0 Å².